The third-order valence-electron chi connectivity index (χ3n) is 2.18. The number of benzene rings is 1. The molecule has 0 fully saturated rings. The quantitative estimate of drug-likeness (QED) is 0.875. The van der Waals surface area contributed by atoms with E-state index in [0.717, 1.165) is 0 Å². The fraction of sp³-hybridized carbons (Fsp3) is 0.167. The van der Waals surface area contributed by atoms with Crippen molar-refractivity contribution in [1.29, 1.82) is 0 Å². The van der Waals surface area contributed by atoms with Gasteiger partial charge in [-0.25, -0.2) is 9.97 Å². The van der Waals surface area contributed by atoms with Gasteiger partial charge in [-0.1, -0.05) is 12.1 Å². The minimum Gasteiger partial charge on any atom is -0.493 e. The lowest BCUT2D eigenvalue weighted by Crippen LogP contribution is -1.96. The van der Waals surface area contributed by atoms with Crippen LogP contribution < -0.4 is 14.8 Å². The molecule has 0 saturated carbocycles. The van der Waals surface area contributed by atoms with Gasteiger partial charge in [0, 0.05) is 13.1 Å². The molecule has 0 atom stereocenters. The highest BCUT2D eigenvalue weighted by atomic mass is 16.5. The number of hydrogen-bond acceptors (Lipinski definition) is 5. The number of nitrogens with zero attached hydrogens (tertiary/aromatic N) is 2. The Morgan fingerprint density at radius 1 is 1.12 bits per heavy atom. The molecule has 0 aliphatic rings. The van der Waals surface area contributed by atoms with Crippen LogP contribution in [-0.2, 0) is 0 Å². The number of aromatic nitrogens is 2. The van der Waals surface area contributed by atoms with Crippen LogP contribution in [0.25, 0.3) is 0 Å². The maximum Gasteiger partial charge on any atom is 0.224 e. The highest BCUT2D eigenvalue weighted by Gasteiger charge is 2.05. The van der Waals surface area contributed by atoms with Gasteiger partial charge in [0.05, 0.1) is 7.11 Å². The first-order valence-electron chi connectivity index (χ1n) is 5.14. The molecule has 5 nitrogen and oxygen atoms in total. The third-order valence-corrected chi connectivity index (χ3v) is 2.18. The average molecular weight is 231 g/mol. The van der Waals surface area contributed by atoms with Crippen LogP contribution in [0.15, 0.2) is 36.7 Å². The van der Waals surface area contributed by atoms with E-state index in [9.17, 15) is 0 Å². The van der Waals surface area contributed by atoms with Gasteiger partial charge in [0.2, 0.25) is 5.88 Å². The standard InChI is InChI=1S/C12H13N3O2/c1-13-11-7-12(15-8-14-11)17-10-6-4-3-5-9(10)16-2/h3-8H,1-2H3,(H,13,14,15). The molecule has 1 N–H and O–H groups in total. The smallest absolute Gasteiger partial charge is 0.224 e. The molecule has 0 aliphatic carbocycles. The first-order chi connectivity index (χ1) is 8.33. The zero-order valence-corrected chi connectivity index (χ0v) is 9.68. The van der Waals surface area contributed by atoms with E-state index in [1.807, 2.05) is 24.3 Å². The molecule has 0 unspecified atom stereocenters. The molecule has 17 heavy (non-hydrogen) atoms. The number of rotatable bonds is 4. The first kappa shape index (κ1) is 11.2. The van der Waals surface area contributed by atoms with Gasteiger partial charge in [0.1, 0.15) is 12.1 Å². The molecule has 1 aromatic heterocycles. The van der Waals surface area contributed by atoms with Gasteiger partial charge in [-0.2, -0.15) is 0 Å². The van der Waals surface area contributed by atoms with Crippen molar-refractivity contribution in [2.24, 2.45) is 0 Å². The first-order valence-corrected chi connectivity index (χ1v) is 5.14. The Balaban J connectivity index is 2.24. The zero-order chi connectivity index (χ0) is 12.1. The second kappa shape index (κ2) is 5.16. The summed E-state index contributed by atoms with van der Waals surface area (Å²) in [6.45, 7) is 0. The fourth-order valence-electron chi connectivity index (χ4n) is 1.35. The second-order valence-corrected chi connectivity index (χ2v) is 3.24. The highest BCUT2D eigenvalue weighted by Crippen LogP contribution is 2.30. The lowest BCUT2D eigenvalue weighted by atomic mass is 10.3. The summed E-state index contributed by atoms with van der Waals surface area (Å²) < 4.78 is 10.8. The minimum atomic E-state index is 0.467. The summed E-state index contributed by atoms with van der Waals surface area (Å²) in [7, 11) is 3.39. The number of nitrogens with one attached hydrogen (secondary N) is 1. The van der Waals surface area contributed by atoms with Crippen molar-refractivity contribution in [2.45, 2.75) is 0 Å². The number of methoxy groups -OCH3 is 1. The van der Waals surface area contributed by atoms with Gasteiger partial charge in [-0.15, -0.1) is 0 Å². The third kappa shape index (κ3) is 2.63. The van der Waals surface area contributed by atoms with Crippen LogP contribution in [0, 0.1) is 0 Å². The van der Waals surface area contributed by atoms with E-state index >= 15 is 0 Å². The zero-order valence-electron chi connectivity index (χ0n) is 9.68. The SMILES string of the molecule is CNc1cc(Oc2ccccc2OC)ncn1. The summed E-state index contributed by atoms with van der Waals surface area (Å²) in [6.07, 6.45) is 1.44. The topological polar surface area (TPSA) is 56.3 Å². The maximum atomic E-state index is 5.63. The Hall–Kier alpha value is -2.30. The van der Waals surface area contributed by atoms with E-state index in [2.05, 4.69) is 15.3 Å². The number of anilines is 1. The Kier molecular flexibility index (Phi) is 3.40. The van der Waals surface area contributed by atoms with E-state index in [-0.39, 0.29) is 0 Å². The number of para-hydroxylation sites is 2. The van der Waals surface area contributed by atoms with Crippen molar-refractivity contribution < 1.29 is 9.47 Å². The minimum absolute atomic E-state index is 0.467. The normalized spacial score (nSPS) is 9.76. The molecule has 2 rings (SSSR count). The van der Waals surface area contributed by atoms with E-state index < -0.39 is 0 Å². The Labute approximate surface area is 99.4 Å². The molecule has 5 heteroatoms. The molecule has 0 amide bonds. The largest absolute Gasteiger partial charge is 0.493 e. The molecule has 2 aromatic rings. The summed E-state index contributed by atoms with van der Waals surface area (Å²) in [5.74, 6) is 2.45. The molecular weight excluding hydrogens is 218 g/mol. The van der Waals surface area contributed by atoms with Crippen LogP contribution in [0.3, 0.4) is 0 Å². The van der Waals surface area contributed by atoms with E-state index in [1.165, 1.54) is 6.33 Å². The van der Waals surface area contributed by atoms with Crippen LogP contribution in [-0.4, -0.2) is 24.1 Å². The highest BCUT2D eigenvalue weighted by molar-refractivity contribution is 5.43. The second-order valence-electron chi connectivity index (χ2n) is 3.24. The molecule has 0 aliphatic heterocycles. The molecule has 0 bridgehead atoms. The van der Waals surface area contributed by atoms with E-state index in [4.69, 9.17) is 9.47 Å². The summed E-state index contributed by atoms with van der Waals surface area (Å²) in [5, 5.41) is 2.92. The van der Waals surface area contributed by atoms with Crippen molar-refractivity contribution in [3.05, 3.63) is 36.7 Å². The van der Waals surface area contributed by atoms with Gasteiger partial charge >= 0.3 is 0 Å². The molecule has 0 saturated heterocycles. The van der Waals surface area contributed by atoms with Crippen LogP contribution in [0.2, 0.25) is 0 Å². The molecule has 1 aromatic carbocycles. The van der Waals surface area contributed by atoms with Crippen molar-refractivity contribution in [1.82, 2.24) is 9.97 Å². The summed E-state index contributed by atoms with van der Waals surface area (Å²) in [5.41, 5.74) is 0. The fourth-order valence-corrected chi connectivity index (χ4v) is 1.35. The number of hydrogen-bond donors (Lipinski definition) is 1. The lowest BCUT2D eigenvalue weighted by molar-refractivity contribution is 0.374. The molecule has 0 radical (unpaired) electrons. The maximum absolute atomic E-state index is 5.63. The Morgan fingerprint density at radius 3 is 2.59 bits per heavy atom. The number of ether oxygens (including phenoxy) is 2. The predicted molar refractivity (Wildman–Crippen MR) is 64.6 cm³/mol. The summed E-state index contributed by atoms with van der Waals surface area (Å²) >= 11 is 0. The van der Waals surface area contributed by atoms with Gasteiger partial charge in [0.15, 0.2) is 11.5 Å². The Morgan fingerprint density at radius 2 is 1.88 bits per heavy atom. The summed E-state index contributed by atoms with van der Waals surface area (Å²) in [4.78, 5) is 8.04. The van der Waals surface area contributed by atoms with Crippen molar-refractivity contribution in [3.63, 3.8) is 0 Å². The molecular formula is C12H13N3O2. The summed E-state index contributed by atoms with van der Waals surface area (Å²) in [6, 6.07) is 9.12. The Bertz CT molecular complexity index is 503. The van der Waals surface area contributed by atoms with Crippen molar-refractivity contribution in [3.8, 4) is 17.4 Å². The van der Waals surface area contributed by atoms with E-state index in [1.54, 1.807) is 20.2 Å². The van der Waals surface area contributed by atoms with Crippen LogP contribution in [0.5, 0.6) is 17.4 Å². The van der Waals surface area contributed by atoms with E-state index in [0.29, 0.717) is 23.2 Å². The molecule has 1 heterocycles. The van der Waals surface area contributed by atoms with Gasteiger partial charge in [-0.3, -0.25) is 0 Å². The van der Waals surface area contributed by atoms with Crippen LogP contribution >= 0.6 is 0 Å². The molecule has 88 valence electrons. The predicted octanol–water partition coefficient (Wildman–Crippen LogP) is 2.32. The molecule has 0 spiro atoms. The van der Waals surface area contributed by atoms with Gasteiger partial charge < -0.3 is 14.8 Å². The van der Waals surface area contributed by atoms with Crippen molar-refractivity contribution >= 4 is 5.82 Å². The van der Waals surface area contributed by atoms with Crippen molar-refractivity contribution in [2.75, 3.05) is 19.5 Å². The van der Waals surface area contributed by atoms with Crippen LogP contribution in [0.1, 0.15) is 0 Å². The lowest BCUT2D eigenvalue weighted by Gasteiger charge is -2.09. The van der Waals surface area contributed by atoms with Gasteiger partial charge in [-0.05, 0) is 12.1 Å². The monoisotopic (exact) mass is 231 g/mol. The van der Waals surface area contributed by atoms with Gasteiger partial charge in [0.25, 0.3) is 0 Å². The van der Waals surface area contributed by atoms with Crippen LogP contribution in [0.4, 0.5) is 5.82 Å². The average Bonchev–Trinajstić information content (AvgIpc) is 2.39.